The van der Waals surface area contributed by atoms with Gasteiger partial charge in [0.2, 0.25) is 5.88 Å². The molecular formula is C15H17N3O5. The van der Waals surface area contributed by atoms with Crippen LogP contribution < -0.4 is 24.3 Å². The van der Waals surface area contributed by atoms with E-state index < -0.39 is 0 Å². The Morgan fingerprint density at radius 1 is 1.09 bits per heavy atom. The van der Waals surface area contributed by atoms with Gasteiger partial charge in [0.25, 0.3) is 5.91 Å². The lowest BCUT2D eigenvalue weighted by atomic mass is 10.3. The summed E-state index contributed by atoms with van der Waals surface area (Å²) < 4.78 is 20.6. The van der Waals surface area contributed by atoms with Crippen LogP contribution in [0.3, 0.4) is 0 Å². The Labute approximate surface area is 133 Å². The number of benzene rings is 1. The van der Waals surface area contributed by atoms with Gasteiger partial charge in [0.05, 0.1) is 27.5 Å². The first-order valence-electron chi connectivity index (χ1n) is 6.68. The molecule has 1 heterocycles. The monoisotopic (exact) mass is 319 g/mol. The highest BCUT2D eigenvalue weighted by atomic mass is 16.5. The van der Waals surface area contributed by atoms with Crippen LogP contribution in [-0.2, 0) is 4.79 Å². The van der Waals surface area contributed by atoms with Crippen molar-refractivity contribution in [3.05, 3.63) is 30.5 Å². The van der Waals surface area contributed by atoms with E-state index in [1.165, 1.54) is 27.5 Å². The molecule has 0 unspecified atom stereocenters. The average molecular weight is 319 g/mol. The molecule has 0 spiro atoms. The smallest absolute Gasteiger partial charge is 0.319 e. The molecule has 1 aromatic carbocycles. The van der Waals surface area contributed by atoms with Crippen LogP contribution in [0.4, 0.5) is 5.69 Å². The fourth-order valence-electron chi connectivity index (χ4n) is 1.76. The minimum Gasteiger partial charge on any atom is -0.493 e. The standard InChI is InChI=1S/C15H17N3O5/c1-20-11-6-4-5-7-12(11)23-9-13(19)17-10-8-16-15(22-3)18-14(10)21-2/h4-8H,9H2,1-3H3,(H,17,19). The van der Waals surface area contributed by atoms with E-state index >= 15 is 0 Å². The van der Waals surface area contributed by atoms with Gasteiger partial charge in [0.1, 0.15) is 5.69 Å². The first kappa shape index (κ1) is 16.3. The summed E-state index contributed by atoms with van der Waals surface area (Å²) in [6.45, 7) is -0.199. The van der Waals surface area contributed by atoms with E-state index in [-0.39, 0.29) is 24.4 Å². The van der Waals surface area contributed by atoms with Crippen molar-refractivity contribution < 1.29 is 23.7 Å². The van der Waals surface area contributed by atoms with Crippen LogP contribution in [0.15, 0.2) is 30.5 Å². The molecule has 1 N–H and O–H groups in total. The van der Waals surface area contributed by atoms with Crippen molar-refractivity contribution in [3.8, 4) is 23.4 Å². The Balaban J connectivity index is 2.00. The number of para-hydroxylation sites is 2. The molecule has 0 saturated carbocycles. The van der Waals surface area contributed by atoms with E-state index in [1.54, 1.807) is 18.2 Å². The van der Waals surface area contributed by atoms with Crippen molar-refractivity contribution in [1.29, 1.82) is 0 Å². The number of ether oxygens (including phenoxy) is 4. The summed E-state index contributed by atoms with van der Waals surface area (Å²) in [4.78, 5) is 19.9. The van der Waals surface area contributed by atoms with E-state index in [0.29, 0.717) is 17.2 Å². The van der Waals surface area contributed by atoms with E-state index in [9.17, 15) is 4.79 Å². The van der Waals surface area contributed by atoms with Gasteiger partial charge in [0, 0.05) is 0 Å². The van der Waals surface area contributed by atoms with Gasteiger partial charge in [-0.2, -0.15) is 4.98 Å². The van der Waals surface area contributed by atoms with Gasteiger partial charge in [-0.25, -0.2) is 4.98 Å². The molecule has 0 radical (unpaired) electrons. The highest BCUT2D eigenvalue weighted by molar-refractivity contribution is 5.92. The van der Waals surface area contributed by atoms with E-state index in [4.69, 9.17) is 18.9 Å². The highest BCUT2D eigenvalue weighted by Crippen LogP contribution is 2.26. The summed E-state index contributed by atoms with van der Waals surface area (Å²) in [5, 5.41) is 2.61. The topological polar surface area (TPSA) is 91.8 Å². The average Bonchev–Trinajstić information content (AvgIpc) is 2.60. The van der Waals surface area contributed by atoms with Gasteiger partial charge >= 0.3 is 6.01 Å². The van der Waals surface area contributed by atoms with Gasteiger partial charge in [0.15, 0.2) is 18.1 Å². The number of aromatic nitrogens is 2. The SMILES string of the molecule is COc1ncc(NC(=O)COc2ccccc2OC)c(OC)n1. The van der Waals surface area contributed by atoms with Gasteiger partial charge in [-0.1, -0.05) is 12.1 Å². The maximum Gasteiger partial charge on any atom is 0.319 e. The molecule has 2 rings (SSSR count). The van der Waals surface area contributed by atoms with Crippen molar-refractivity contribution in [3.63, 3.8) is 0 Å². The summed E-state index contributed by atoms with van der Waals surface area (Å²) in [5.74, 6) is 0.833. The fourth-order valence-corrected chi connectivity index (χ4v) is 1.76. The Hall–Kier alpha value is -3.03. The molecule has 0 atom stereocenters. The molecular weight excluding hydrogens is 302 g/mol. The molecule has 0 aliphatic carbocycles. The summed E-state index contributed by atoms with van der Waals surface area (Å²) in [6, 6.07) is 7.20. The van der Waals surface area contributed by atoms with Crippen molar-refractivity contribution in [1.82, 2.24) is 9.97 Å². The molecule has 0 saturated heterocycles. The summed E-state index contributed by atoms with van der Waals surface area (Å²) in [6.07, 6.45) is 1.39. The number of rotatable bonds is 7. The van der Waals surface area contributed by atoms with Crippen LogP contribution in [0.25, 0.3) is 0 Å². The number of hydrogen-bond donors (Lipinski definition) is 1. The number of carbonyl (C=O) groups excluding carboxylic acids is 1. The molecule has 2 aromatic rings. The first-order valence-corrected chi connectivity index (χ1v) is 6.68. The van der Waals surface area contributed by atoms with Crippen LogP contribution in [0.1, 0.15) is 0 Å². The molecule has 1 aromatic heterocycles. The Morgan fingerprint density at radius 2 is 1.83 bits per heavy atom. The van der Waals surface area contributed by atoms with Gasteiger partial charge in [-0.3, -0.25) is 4.79 Å². The van der Waals surface area contributed by atoms with Crippen LogP contribution in [-0.4, -0.2) is 43.8 Å². The molecule has 122 valence electrons. The maximum absolute atomic E-state index is 12.0. The van der Waals surface area contributed by atoms with Crippen molar-refractivity contribution >= 4 is 11.6 Å². The number of hydrogen-bond acceptors (Lipinski definition) is 7. The van der Waals surface area contributed by atoms with E-state index in [0.717, 1.165) is 0 Å². The zero-order chi connectivity index (χ0) is 16.7. The van der Waals surface area contributed by atoms with Crippen molar-refractivity contribution in [2.24, 2.45) is 0 Å². The largest absolute Gasteiger partial charge is 0.493 e. The summed E-state index contributed by atoms with van der Waals surface area (Å²) in [5.41, 5.74) is 0.321. The molecule has 0 aliphatic heterocycles. The number of methoxy groups -OCH3 is 3. The van der Waals surface area contributed by atoms with Crippen molar-refractivity contribution in [2.45, 2.75) is 0 Å². The van der Waals surface area contributed by atoms with E-state index in [2.05, 4.69) is 15.3 Å². The number of carbonyl (C=O) groups is 1. The van der Waals surface area contributed by atoms with Gasteiger partial charge < -0.3 is 24.3 Å². The maximum atomic E-state index is 12.0. The second-order valence-corrected chi connectivity index (χ2v) is 4.27. The lowest BCUT2D eigenvalue weighted by Gasteiger charge is -2.12. The third kappa shape index (κ3) is 4.22. The lowest BCUT2D eigenvalue weighted by Crippen LogP contribution is -2.21. The zero-order valence-corrected chi connectivity index (χ0v) is 13.0. The Bertz CT molecular complexity index is 678. The number of nitrogens with zero attached hydrogens (tertiary/aromatic N) is 2. The van der Waals surface area contributed by atoms with Crippen LogP contribution in [0.5, 0.6) is 23.4 Å². The van der Waals surface area contributed by atoms with Crippen molar-refractivity contribution in [2.75, 3.05) is 33.3 Å². The van der Waals surface area contributed by atoms with Gasteiger partial charge in [-0.15, -0.1) is 0 Å². The molecule has 0 bridgehead atoms. The number of nitrogens with one attached hydrogen (secondary N) is 1. The second-order valence-electron chi connectivity index (χ2n) is 4.27. The third-order valence-electron chi connectivity index (χ3n) is 2.81. The highest BCUT2D eigenvalue weighted by Gasteiger charge is 2.12. The summed E-state index contributed by atoms with van der Waals surface area (Å²) in [7, 11) is 4.40. The Kier molecular flexibility index (Phi) is 5.56. The normalized spacial score (nSPS) is 9.87. The first-order chi connectivity index (χ1) is 11.2. The lowest BCUT2D eigenvalue weighted by molar-refractivity contribution is -0.118. The van der Waals surface area contributed by atoms with E-state index in [1.807, 2.05) is 6.07 Å². The zero-order valence-electron chi connectivity index (χ0n) is 13.0. The predicted molar refractivity (Wildman–Crippen MR) is 82.3 cm³/mol. The Morgan fingerprint density at radius 3 is 2.48 bits per heavy atom. The fraction of sp³-hybridized carbons (Fsp3) is 0.267. The number of amides is 1. The molecule has 23 heavy (non-hydrogen) atoms. The molecule has 0 aliphatic rings. The molecule has 8 nitrogen and oxygen atoms in total. The molecule has 1 amide bonds. The van der Waals surface area contributed by atoms with Crippen LogP contribution >= 0.6 is 0 Å². The quantitative estimate of drug-likeness (QED) is 0.827. The van der Waals surface area contributed by atoms with Crippen LogP contribution in [0.2, 0.25) is 0 Å². The third-order valence-corrected chi connectivity index (χ3v) is 2.81. The van der Waals surface area contributed by atoms with Crippen LogP contribution in [0, 0.1) is 0 Å². The molecule has 8 heteroatoms. The minimum atomic E-state index is -0.386. The second kappa shape index (κ2) is 7.83. The van der Waals surface area contributed by atoms with Gasteiger partial charge in [-0.05, 0) is 12.1 Å². The molecule has 0 fully saturated rings. The minimum absolute atomic E-state index is 0.144. The number of anilines is 1. The predicted octanol–water partition coefficient (Wildman–Crippen LogP) is 1.52. The summed E-state index contributed by atoms with van der Waals surface area (Å²) >= 11 is 0.